The number of fused-ring (bicyclic) bond motifs is 5. The molecule has 0 spiro atoms. The van der Waals surface area contributed by atoms with Gasteiger partial charge in [-0.3, -0.25) is 24.0 Å². The summed E-state index contributed by atoms with van der Waals surface area (Å²) in [5, 5.41) is 16.6. The number of piperazine rings is 1. The molecule has 0 radical (unpaired) electrons. The lowest BCUT2D eigenvalue weighted by molar-refractivity contribution is -0.323. The average molecular weight is 654 g/mol. The molecule has 7 atom stereocenters. The van der Waals surface area contributed by atoms with Crippen molar-refractivity contribution in [1.29, 1.82) is 0 Å². The molecule has 3 aromatic rings. The average Bonchev–Trinajstić information content (AvgIpc) is 3.75. The molecular formula is C38H47N5O5. The van der Waals surface area contributed by atoms with Gasteiger partial charge in [0.05, 0.1) is 5.92 Å². The van der Waals surface area contributed by atoms with Gasteiger partial charge in [0.25, 0.3) is 11.8 Å². The third-order valence-corrected chi connectivity index (χ3v) is 11.9. The Morgan fingerprint density at radius 2 is 1.85 bits per heavy atom. The van der Waals surface area contributed by atoms with Crippen LogP contribution in [0.4, 0.5) is 0 Å². The first-order valence-electron chi connectivity index (χ1n) is 17.7. The van der Waals surface area contributed by atoms with Crippen molar-refractivity contribution in [2.45, 2.75) is 95.6 Å². The van der Waals surface area contributed by atoms with Gasteiger partial charge in [0.2, 0.25) is 17.5 Å². The van der Waals surface area contributed by atoms with E-state index in [2.05, 4.69) is 70.5 Å². The Labute approximate surface area is 282 Å². The Hall–Kier alpha value is -3.73. The van der Waals surface area contributed by atoms with Gasteiger partial charge in [0, 0.05) is 54.6 Å². The zero-order valence-electron chi connectivity index (χ0n) is 28.6. The fraction of sp³-hybridized carbons (Fsp3) is 0.553. The van der Waals surface area contributed by atoms with Crippen LogP contribution in [0.2, 0.25) is 0 Å². The Morgan fingerprint density at radius 1 is 1.08 bits per heavy atom. The molecule has 5 heterocycles. The number of rotatable bonds is 6. The fourth-order valence-corrected chi connectivity index (χ4v) is 9.59. The number of aliphatic hydroxyl groups is 1. The number of piperidine rings is 1. The molecule has 254 valence electrons. The molecule has 0 saturated carbocycles. The molecule has 2 aromatic carbocycles. The number of amides is 3. The highest BCUT2D eigenvalue weighted by molar-refractivity contribution is 5.98. The van der Waals surface area contributed by atoms with Crippen molar-refractivity contribution in [3.8, 4) is 0 Å². The maximum Gasteiger partial charge on any atom is 0.281 e. The number of carbonyl (C=O) groups excluding carboxylic acids is 3. The van der Waals surface area contributed by atoms with E-state index in [-0.39, 0.29) is 29.7 Å². The summed E-state index contributed by atoms with van der Waals surface area (Å²) in [7, 11) is 2.09. The SMILES string of the molecule is CC(C)[C@H]1C(=O)N2CCC[C@H]2[C@]2(O)O[C@](NC(=O)[C@@H]3CC4c5cccc6c5c(cn6Cc5ccccc5)C[C@H]4N(C)C3)(C(C)C)C(=O)N12. The second kappa shape index (κ2) is 11.1. The van der Waals surface area contributed by atoms with Crippen LogP contribution >= 0.6 is 0 Å². The molecule has 5 aliphatic rings. The van der Waals surface area contributed by atoms with Gasteiger partial charge >= 0.3 is 0 Å². The van der Waals surface area contributed by atoms with Crippen LogP contribution in [0.15, 0.2) is 54.7 Å². The topological polar surface area (TPSA) is 107 Å². The number of hydrogen-bond donors (Lipinski definition) is 2. The van der Waals surface area contributed by atoms with E-state index in [0.717, 1.165) is 19.4 Å². The number of aromatic nitrogens is 1. The summed E-state index contributed by atoms with van der Waals surface area (Å²) in [6.07, 6.45) is 5.10. The summed E-state index contributed by atoms with van der Waals surface area (Å²) in [6, 6.07) is 15.7. The molecule has 1 aromatic heterocycles. The standard InChI is InChI=1S/C38H47N5O5/c1-22(2)33-35(45)42-16-10-15-31(42)38(47)43(33)36(46)37(48-38,23(3)4)39-34(44)26-17-28-27-13-9-14-29-32(27)25(18-30(28)40(5)20-26)21-41(29)19-24-11-7-6-8-12-24/h6-9,11-14,21-23,26,28,30-31,33,47H,10,15-20H2,1-5H3,(H,39,44)/t26-,28?,30-,31+,33+,37-,38+/m1/s1. The second-order valence-electron chi connectivity index (χ2n) is 15.5. The first-order valence-corrected chi connectivity index (χ1v) is 17.7. The molecule has 48 heavy (non-hydrogen) atoms. The molecule has 4 fully saturated rings. The van der Waals surface area contributed by atoms with Crippen molar-refractivity contribution in [3.05, 3.63) is 71.4 Å². The van der Waals surface area contributed by atoms with Crippen molar-refractivity contribution in [2.24, 2.45) is 17.8 Å². The number of likely N-dealkylation sites (N-methyl/N-ethyl adjacent to an activating group) is 1. The van der Waals surface area contributed by atoms with Crippen molar-refractivity contribution in [3.63, 3.8) is 0 Å². The van der Waals surface area contributed by atoms with E-state index in [1.54, 1.807) is 4.90 Å². The normalized spacial score (nSPS) is 33.0. The largest absolute Gasteiger partial charge is 0.347 e. The number of nitrogens with one attached hydrogen (secondary N) is 1. The van der Waals surface area contributed by atoms with Crippen LogP contribution in [0.5, 0.6) is 0 Å². The molecule has 4 aliphatic heterocycles. The molecule has 1 aliphatic carbocycles. The lowest BCUT2D eigenvalue weighted by Gasteiger charge is -2.49. The van der Waals surface area contributed by atoms with Gasteiger partial charge in [-0.2, -0.15) is 0 Å². The van der Waals surface area contributed by atoms with E-state index < -0.39 is 41.5 Å². The molecule has 2 N–H and O–H groups in total. The number of hydrogen-bond acceptors (Lipinski definition) is 6. The van der Waals surface area contributed by atoms with Crippen LogP contribution < -0.4 is 5.32 Å². The smallest absolute Gasteiger partial charge is 0.281 e. The molecule has 1 unspecified atom stereocenters. The highest BCUT2D eigenvalue weighted by atomic mass is 16.7. The minimum Gasteiger partial charge on any atom is -0.347 e. The zero-order valence-corrected chi connectivity index (χ0v) is 28.6. The first kappa shape index (κ1) is 31.5. The van der Waals surface area contributed by atoms with Crippen LogP contribution in [0.25, 0.3) is 10.9 Å². The van der Waals surface area contributed by atoms with Gasteiger partial charge in [0.1, 0.15) is 12.1 Å². The summed E-state index contributed by atoms with van der Waals surface area (Å²) in [6.45, 7) is 9.26. The highest BCUT2D eigenvalue weighted by Crippen LogP contribution is 2.49. The van der Waals surface area contributed by atoms with E-state index in [4.69, 9.17) is 4.74 Å². The molecule has 8 rings (SSSR count). The van der Waals surface area contributed by atoms with Gasteiger partial charge in [-0.25, -0.2) is 0 Å². The van der Waals surface area contributed by atoms with Crippen molar-refractivity contribution in [1.82, 2.24) is 24.6 Å². The number of benzene rings is 2. The Balaban J connectivity index is 1.09. The van der Waals surface area contributed by atoms with Gasteiger partial charge in [-0.1, -0.05) is 70.2 Å². The predicted molar refractivity (Wildman–Crippen MR) is 180 cm³/mol. The van der Waals surface area contributed by atoms with E-state index in [9.17, 15) is 19.5 Å². The summed E-state index contributed by atoms with van der Waals surface area (Å²) in [5.41, 5.74) is 3.29. The van der Waals surface area contributed by atoms with E-state index in [1.807, 2.05) is 33.8 Å². The van der Waals surface area contributed by atoms with Crippen molar-refractivity contribution < 1.29 is 24.2 Å². The fourth-order valence-electron chi connectivity index (χ4n) is 9.59. The van der Waals surface area contributed by atoms with Gasteiger partial charge in [0.15, 0.2) is 0 Å². The van der Waals surface area contributed by atoms with Gasteiger partial charge in [-0.15, -0.1) is 0 Å². The summed E-state index contributed by atoms with van der Waals surface area (Å²) in [5.74, 6) is -3.98. The van der Waals surface area contributed by atoms with Crippen LogP contribution in [0.3, 0.4) is 0 Å². The first-order chi connectivity index (χ1) is 22.9. The molecule has 10 heteroatoms. The predicted octanol–water partition coefficient (Wildman–Crippen LogP) is 3.65. The summed E-state index contributed by atoms with van der Waals surface area (Å²) < 4.78 is 8.83. The number of nitrogens with zero attached hydrogens (tertiary/aromatic N) is 4. The lowest BCUT2D eigenvalue weighted by atomic mass is 9.72. The minimum absolute atomic E-state index is 0.143. The Bertz CT molecular complexity index is 1790. The van der Waals surface area contributed by atoms with Gasteiger partial charge in [-0.05, 0) is 61.4 Å². The molecule has 0 bridgehead atoms. The van der Waals surface area contributed by atoms with E-state index >= 15 is 0 Å². The number of likely N-dealkylation sites (tertiary alicyclic amines) is 1. The molecule has 10 nitrogen and oxygen atoms in total. The number of carbonyl (C=O) groups is 3. The van der Waals surface area contributed by atoms with Crippen molar-refractivity contribution in [2.75, 3.05) is 20.1 Å². The Morgan fingerprint density at radius 3 is 2.58 bits per heavy atom. The van der Waals surface area contributed by atoms with E-state index in [1.165, 1.54) is 32.5 Å². The highest BCUT2D eigenvalue weighted by Gasteiger charge is 2.72. The van der Waals surface area contributed by atoms with Crippen LogP contribution in [-0.4, -0.2) is 92.0 Å². The molecule has 4 saturated heterocycles. The number of ether oxygens (including phenoxy) is 1. The van der Waals surface area contributed by atoms with Crippen LogP contribution in [0.1, 0.15) is 69.6 Å². The summed E-state index contributed by atoms with van der Waals surface area (Å²) >= 11 is 0. The minimum atomic E-state index is -2.01. The quantitative estimate of drug-likeness (QED) is 0.421. The van der Waals surface area contributed by atoms with Crippen LogP contribution in [0, 0.1) is 17.8 Å². The van der Waals surface area contributed by atoms with Crippen LogP contribution in [-0.2, 0) is 32.1 Å². The molecular weight excluding hydrogens is 606 g/mol. The maximum absolute atomic E-state index is 14.5. The van der Waals surface area contributed by atoms with Crippen molar-refractivity contribution >= 4 is 28.6 Å². The van der Waals surface area contributed by atoms with E-state index in [0.29, 0.717) is 25.9 Å². The zero-order chi connectivity index (χ0) is 33.7. The monoisotopic (exact) mass is 653 g/mol. The lowest BCUT2D eigenvalue weighted by Crippen LogP contribution is -2.72. The van der Waals surface area contributed by atoms with Gasteiger partial charge < -0.3 is 24.8 Å². The maximum atomic E-state index is 14.5. The second-order valence-corrected chi connectivity index (χ2v) is 15.5. The third kappa shape index (κ3) is 4.44. The Kier molecular flexibility index (Phi) is 7.32. The molecule has 3 amide bonds. The third-order valence-electron chi connectivity index (χ3n) is 11.9. The summed E-state index contributed by atoms with van der Waals surface area (Å²) in [4.78, 5) is 47.8.